The first kappa shape index (κ1) is 26.8. The molecule has 0 amide bonds. The Labute approximate surface area is 192 Å². The summed E-state index contributed by atoms with van der Waals surface area (Å²) in [4.78, 5) is 52.9. The van der Waals surface area contributed by atoms with Crippen molar-refractivity contribution in [2.45, 2.75) is 40.0 Å². The molecule has 0 bridgehead atoms. The van der Waals surface area contributed by atoms with E-state index in [1.807, 2.05) is 24.5 Å². The number of Topliss-reactive ketones (excluding diaryl/α,β-unsaturated/α-hetero) is 1. The molecule has 0 spiro atoms. The van der Waals surface area contributed by atoms with Crippen LogP contribution in [0, 0.1) is 0 Å². The van der Waals surface area contributed by atoms with Gasteiger partial charge in [0.2, 0.25) is 5.95 Å². The zero-order chi connectivity index (χ0) is 25.8. The smallest absolute Gasteiger partial charge is 0.475 e. The van der Waals surface area contributed by atoms with Gasteiger partial charge in [-0.25, -0.2) is 9.59 Å². The van der Waals surface area contributed by atoms with Gasteiger partial charge in [0.05, 0.1) is 6.54 Å². The third-order valence-corrected chi connectivity index (χ3v) is 4.92. The predicted molar refractivity (Wildman–Crippen MR) is 118 cm³/mol. The Morgan fingerprint density at radius 2 is 1.68 bits per heavy atom. The molecule has 3 rings (SSSR count). The molecule has 2 aromatic rings. The van der Waals surface area contributed by atoms with Crippen LogP contribution < -0.4 is 21.5 Å². The van der Waals surface area contributed by atoms with E-state index in [2.05, 4.69) is 15.2 Å². The van der Waals surface area contributed by atoms with Crippen LogP contribution in [0.5, 0.6) is 0 Å². The Morgan fingerprint density at radius 3 is 2.15 bits per heavy atom. The van der Waals surface area contributed by atoms with Crippen LogP contribution in [-0.2, 0) is 29.7 Å². The van der Waals surface area contributed by atoms with Gasteiger partial charge in [-0.3, -0.25) is 18.7 Å². The van der Waals surface area contributed by atoms with E-state index in [0.717, 1.165) is 36.3 Å². The summed E-state index contributed by atoms with van der Waals surface area (Å²) in [6.07, 6.45) is -3.06. The quantitative estimate of drug-likeness (QED) is 0.582. The maximum Gasteiger partial charge on any atom is 0.490 e. The topological polar surface area (TPSA) is 131 Å². The number of halogens is 3. The van der Waals surface area contributed by atoms with Crippen LogP contribution in [0.4, 0.5) is 19.1 Å². The number of hydrogen-bond donors (Lipinski definition) is 2. The number of carbonyl (C=O) groups excluding carboxylic acids is 1. The van der Waals surface area contributed by atoms with Crippen LogP contribution in [-0.4, -0.2) is 67.9 Å². The molecule has 1 aliphatic rings. The van der Waals surface area contributed by atoms with Crippen molar-refractivity contribution >= 4 is 28.9 Å². The largest absolute Gasteiger partial charge is 0.490 e. The van der Waals surface area contributed by atoms with Crippen LogP contribution in [0.2, 0.25) is 0 Å². The Morgan fingerprint density at radius 1 is 1.12 bits per heavy atom. The molecule has 0 aromatic carbocycles. The highest BCUT2D eigenvalue weighted by molar-refractivity contribution is 5.77. The van der Waals surface area contributed by atoms with Crippen LogP contribution in [0.15, 0.2) is 21.2 Å². The Bertz CT molecular complexity index is 1210. The standard InChI is InChI=1S/C18H26N6O3.C2HF3O2/c1-12(2)5-8-23-14-15(20-17(23)22-9-6-19-7-10-22)21(4)18(27)24(16(14)26)11-13(3)25;3-2(4,5)1(6)7/h5,19H,6-11H2,1-4H3;(H,6,7). The number of ketones is 1. The second-order valence-corrected chi connectivity index (χ2v) is 7.95. The lowest BCUT2D eigenvalue weighted by Crippen LogP contribution is -2.44. The molecule has 2 aromatic heterocycles. The molecule has 3 heterocycles. The number of carbonyl (C=O) groups is 2. The van der Waals surface area contributed by atoms with Crippen molar-refractivity contribution in [1.29, 1.82) is 0 Å². The normalized spacial score (nSPS) is 13.9. The average Bonchev–Trinajstić information content (AvgIpc) is 3.14. The highest BCUT2D eigenvalue weighted by Crippen LogP contribution is 2.20. The van der Waals surface area contributed by atoms with E-state index >= 15 is 0 Å². The third kappa shape index (κ3) is 6.12. The Hall–Kier alpha value is -3.42. The van der Waals surface area contributed by atoms with E-state index < -0.39 is 23.4 Å². The molecule has 0 saturated carbocycles. The van der Waals surface area contributed by atoms with Crippen LogP contribution in [0.25, 0.3) is 11.2 Å². The number of alkyl halides is 3. The van der Waals surface area contributed by atoms with E-state index in [9.17, 15) is 27.6 Å². The molecule has 1 aliphatic heterocycles. The molecule has 1 saturated heterocycles. The Balaban J connectivity index is 0.000000509. The summed E-state index contributed by atoms with van der Waals surface area (Å²) in [7, 11) is 1.58. The first-order valence-electron chi connectivity index (χ1n) is 10.3. The van der Waals surface area contributed by atoms with E-state index in [1.165, 1.54) is 11.5 Å². The van der Waals surface area contributed by atoms with Crippen molar-refractivity contribution < 1.29 is 27.9 Å². The number of nitrogens with one attached hydrogen (secondary N) is 1. The summed E-state index contributed by atoms with van der Waals surface area (Å²) >= 11 is 0. The summed E-state index contributed by atoms with van der Waals surface area (Å²) < 4.78 is 35.9. The summed E-state index contributed by atoms with van der Waals surface area (Å²) in [5.41, 5.74) is 0.822. The molecule has 11 nitrogen and oxygen atoms in total. The number of carboxylic acid groups (broad SMARTS) is 1. The van der Waals surface area contributed by atoms with Gasteiger partial charge in [0.1, 0.15) is 5.78 Å². The predicted octanol–water partition coefficient (Wildman–Crippen LogP) is 0.495. The lowest BCUT2D eigenvalue weighted by Gasteiger charge is -2.28. The van der Waals surface area contributed by atoms with Gasteiger partial charge < -0.3 is 19.9 Å². The number of fused-ring (bicyclic) bond motifs is 1. The molecule has 188 valence electrons. The number of carboxylic acids is 1. The molecule has 1 fully saturated rings. The molecule has 0 atom stereocenters. The number of aliphatic carboxylic acids is 1. The van der Waals surface area contributed by atoms with Gasteiger partial charge in [-0.05, 0) is 20.8 Å². The van der Waals surface area contributed by atoms with Crippen LogP contribution >= 0.6 is 0 Å². The first-order chi connectivity index (χ1) is 15.8. The summed E-state index contributed by atoms with van der Waals surface area (Å²) in [6, 6.07) is 0. The molecule has 0 aliphatic carbocycles. The van der Waals surface area contributed by atoms with Gasteiger partial charge in [-0.2, -0.15) is 18.2 Å². The van der Waals surface area contributed by atoms with E-state index in [1.54, 1.807) is 7.05 Å². The van der Waals surface area contributed by atoms with Crippen LogP contribution in [0.3, 0.4) is 0 Å². The zero-order valence-corrected chi connectivity index (χ0v) is 19.3. The summed E-state index contributed by atoms with van der Waals surface area (Å²) in [5.74, 6) is -2.32. The molecule has 0 unspecified atom stereocenters. The van der Waals surface area contributed by atoms with Crippen molar-refractivity contribution in [3.8, 4) is 0 Å². The number of aromatic nitrogens is 4. The minimum atomic E-state index is -5.08. The second-order valence-electron chi connectivity index (χ2n) is 7.95. The SMILES string of the molecule is CC(=O)Cn1c(=O)c2c(nc(N3CCNCC3)n2CC=C(C)C)n(C)c1=O.O=C(O)C(F)(F)F. The number of allylic oxidation sites excluding steroid dienone is 2. The zero-order valence-electron chi connectivity index (χ0n) is 19.3. The lowest BCUT2D eigenvalue weighted by atomic mass is 10.3. The number of piperazine rings is 1. The second kappa shape index (κ2) is 10.7. The van der Waals surface area contributed by atoms with Crippen molar-refractivity contribution in [3.63, 3.8) is 0 Å². The molecular weight excluding hydrogens is 461 g/mol. The minimum Gasteiger partial charge on any atom is -0.475 e. The number of anilines is 1. The molecule has 0 radical (unpaired) electrons. The van der Waals surface area contributed by atoms with Gasteiger partial charge in [-0.1, -0.05) is 11.6 Å². The third-order valence-electron chi connectivity index (χ3n) is 4.92. The highest BCUT2D eigenvalue weighted by atomic mass is 19.4. The van der Waals surface area contributed by atoms with Crippen molar-refractivity contribution in [3.05, 3.63) is 32.5 Å². The number of nitrogens with zero attached hydrogens (tertiary/aromatic N) is 5. The van der Waals surface area contributed by atoms with E-state index in [-0.39, 0.29) is 12.3 Å². The molecular formula is C20H27F3N6O5. The fourth-order valence-corrected chi connectivity index (χ4v) is 3.28. The fourth-order valence-electron chi connectivity index (χ4n) is 3.28. The molecule has 2 N–H and O–H groups in total. The van der Waals surface area contributed by atoms with Gasteiger partial charge in [0.15, 0.2) is 11.2 Å². The van der Waals surface area contributed by atoms with Crippen molar-refractivity contribution in [2.75, 3.05) is 31.1 Å². The lowest BCUT2D eigenvalue weighted by molar-refractivity contribution is -0.192. The van der Waals surface area contributed by atoms with Gasteiger partial charge in [0.25, 0.3) is 5.56 Å². The van der Waals surface area contributed by atoms with E-state index in [4.69, 9.17) is 9.90 Å². The van der Waals surface area contributed by atoms with Crippen LogP contribution in [0.1, 0.15) is 20.8 Å². The summed E-state index contributed by atoms with van der Waals surface area (Å²) in [5, 5.41) is 10.4. The number of aryl methyl sites for hydroxylation is 1. The summed E-state index contributed by atoms with van der Waals surface area (Å²) in [6.45, 7) is 8.80. The fraction of sp³-hybridized carbons (Fsp3) is 0.550. The van der Waals surface area contributed by atoms with Gasteiger partial charge in [-0.15, -0.1) is 0 Å². The van der Waals surface area contributed by atoms with Crippen molar-refractivity contribution in [2.24, 2.45) is 7.05 Å². The molecule has 14 heteroatoms. The first-order valence-corrected chi connectivity index (χ1v) is 10.3. The Kier molecular flexibility index (Phi) is 8.42. The van der Waals surface area contributed by atoms with Gasteiger partial charge >= 0.3 is 17.8 Å². The minimum absolute atomic E-state index is 0.238. The monoisotopic (exact) mass is 488 g/mol. The molecule has 34 heavy (non-hydrogen) atoms. The average molecular weight is 488 g/mol. The van der Waals surface area contributed by atoms with Gasteiger partial charge in [0, 0.05) is 39.8 Å². The number of imidazole rings is 1. The number of rotatable bonds is 5. The maximum absolute atomic E-state index is 13.1. The van der Waals surface area contributed by atoms with E-state index in [0.29, 0.717) is 23.7 Å². The number of hydrogen-bond acceptors (Lipinski definition) is 7. The maximum atomic E-state index is 13.1. The highest BCUT2D eigenvalue weighted by Gasteiger charge is 2.38. The van der Waals surface area contributed by atoms with Crippen molar-refractivity contribution in [1.82, 2.24) is 24.0 Å².